The molecule has 0 bridgehead atoms. The molecule has 0 saturated carbocycles. The molecule has 2 aliphatic carbocycles. The molecule has 0 atom stereocenters. The van der Waals surface area contributed by atoms with Crippen molar-refractivity contribution in [1.82, 2.24) is 0 Å². The van der Waals surface area contributed by atoms with Gasteiger partial charge in [-0.25, -0.2) is 0 Å². The third-order valence-electron chi connectivity index (χ3n) is 17.5. The van der Waals surface area contributed by atoms with E-state index in [0.29, 0.717) is 0 Å². The largest absolute Gasteiger partial charge is 0.0622 e. The van der Waals surface area contributed by atoms with Gasteiger partial charge in [0.05, 0.1) is 0 Å². The van der Waals surface area contributed by atoms with E-state index in [1.165, 1.54) is 177 Å². The van der Waals surface area contributed by atoms with Gasteiger partial charge in [0.2, 0.25) is 0 Å². The molecule has 80 heavy (non-hydrogen) atoms. The minimum atomic E-state index is 1.20. The lowest BCUT2D eigenvalue weighted by molar-refractivity contribution is 1.59. The molecule has 0 amide bonds. The summed E-state index contributed by atoms with van der Waals surface area (Å²) in [5.41, 5.74) is 29.9. The van der Waals surface area contributed by atoms with Gasteiger partial charge >= 0.3 is 0 Å². The van der Waals surface area contributed by atoms with E-state index in [2.05, 4.69) is 291 Å². The Bertz CT molecular complexity index is 4660. The maximum Gasteiger partial charge on any atom is -0.000739 e. The van der Waals surface area contributed by atoms with Crippen molar-refractivity contribution in [3.63, 3.8) is 0 Å². The highest BCUT2D eigenvalue weighted by Gasteiger charge is 2.35. The summed E-state index contributed by atoms with van der Waals surface area (Å²) < 4.78 is 0. The van der Waals surface area contributed by atoms with Gasteiger partial charge in [-0.3, -0.25) is 0 Å². The van der Waals surface area contributed by atoms with Crippen LogP contribution in [-0.2, 0) is 0 Å². The molecule has 0 aliphatic heterocycles. The molecule has 0 heterocycles. The molecule has 0 spiro atoms. The van der Waals surface area contributed by atoms with Crippen molar-refractivity contribution in [2.45, 2.75) is 0 Å². The second-order valence-electron chi connectivity index (χ2n) is 21.7. The van der Waals surface area contributed by atoms with E-state index < -0.39 is 0 Å². The molecule has 0 saturated heterocycles. The molecular weight excluding hydrogens is 961 g/mol. The fraction of sp³-hybridized carbons (Fsp3) is 0. The lowest BCUT2D eigenvalue weighted by Gasteiger charge is -2.22. The maximum absolute atomic E-state index is 2.58. The van der Waals surface area contributed by atoms with Crippen LogP contribution >= 0.6 is 0 Å². The standard InChI is InChI=1S/C80H48/c1-7-21-49(22-8-1)55-33-19-35-57(45-55)67-47-69-73-61(53-29-15-5-16-30-53)39-37-59(51-25-11-3-12-26-51)71(73)63-42-44-66-76-68(58-36-20-34-56(46-58)50-23-9-2-10-24-50)48-70-74-62(54-31-17-6-18-32-54)40-38-60(52-27-13-4-14-28-52)72(74)64-41-43-65(80(76)78(64)70)75(67)79(66)77(63)69/h1-48H. The molecule has 0 heteroatoms. The fourth-order valence-corrected chi connectivity index (χ4v) is 14.1. The van der Waals surface area contributed by atoms with E-state index in [4.69, 9.17) is 0 Å². The molecule has 17 rings (SSSR count). The SMILES string of the molecule is c1ccc(-c2cccc(-c3cc4c5c(ccc6c7c(-c8cccc(-c9ccccc9)c8)cc8c9c(ccc(c3c56)c97)-c3c(-c5ccccc5)ccc(-c5ccccc5)c3-8)-c3c(-c5ccccc5)ccc(-c5ccccc5)c3-4)c2)cc1. The molecule has 15 aromatic rings. The molecule has 0 nitrogen and oxygen atoms in total. The summed E-state index contributed by atoms with van der Waals surface area (Å²) >= 11 is 0. The normalized spacial score (nSPS) is 12.0. The summed E-state index contributed by atoms with van der Waals surface area (Å²) in [6, 6.07) is 109. The van der Waals surface area contributed by atoms with Gasteiger partial charge in [-0.2, -0.15) is 0 Å². The van der Waals surface area contributed by atoms with Gasteiger partial charge in [0, 0.05) is 0 Å². The predicted octanol–water partition coefficient (Wildman–Crippen LogP) is 22.4. The van der Waals surface area contributed by atoms with Gasteiger partial charge in [-0.05, 0) is 201 Å². The summed E-state index contributed by atoms with van der Waals surface area (Å²) in [7, 11) is 0. The summed E-state index contributed by atoms with van der Waals surface area (Å²) in [6.45, 7) is 0. The van der Waals surface area contributed by atoms with Crippen LogP contribution in [-0.4, -0.2) is 0 Å². The Morgan fingerprint density at radius 1 is 0.125 bits per heavy atom. The molecule has 2 aliphatic rings. The molecule has 368 valence electrons. The van der Waals surface area contributed by atoms with E-state index in [1.54, 1.807) is 0 Å². The fourth-order valence-electron chi connectivity index (χ4n) is 14.1. The van der Waals surface area contributed by atoms with E-state index in [0.717, 1.165) is 0 Å². The van der Waals surface area contributed by atoms with Crippen LogP contribution in [0.1, 0.15) is 0 Å². The van der Waals surface area contributed by atoms with Crippen molar-refractivity contribution in [3.8, 4) is 134 Å². The number of hydrogen-bond acceptors (Lipinski definition) is 0. The van der Waals surface area contributed by atoms with Crippen molar-refractivity contribution >= 4 is 43.1 Å². The highest BCUT2D eigenvalue weighted by atomic mass is 14.4. The predicted molar refractivity (Wildman–Crippen MR) is 340 cm³/mol. The van der Waals surface area contributed by atoms with Gasteiger partial charge in [0.1, 0.15) is 0 Å². The van der Waals surface area contributed by atoms with Crippen molar-refractivity contribution in [2.75, 3.05) is 0 Å². The second-order valence-corrected chi connectivity index (χ2v) is 21.7. The van der Waals surface area contributed by atoms with Crippen molar-refractivity contribution in [2.24, 2.45) is 0 Å². The van der Waals surface area contributed by atoms with Crippen molar-refractivity contribution in [1.29, 1.82) is 0 Å². The Kier molecular flexibility index (Phi) is 9.81. The van der Waals surface area contributed by atoms with E-state index in [1.807, 2.05) is 0 Å². The average molecular weight is 1010 g/mol. The van der Waals surface area contributed by atoms with Crippen LogP contribution in [0.5, 0.6) is 0 Å². The number of fused-ring (bicyclic) bond motifs is 8. The first-order valence-electron chi connectivity index (χ1n) is 27.9. The molecule has 0 fully saturated rings. The van der Waals surface area contributed by atoms with Crippen LogP contribution in [0.25, 0.3) is 177 Å². The van der Waals surface area contributed by atoms with E-state index in [-0.39, 0.29) is 0 Å². The first-order chi connectivity index (χ1) is 39.7. The number of rotatable bonds is 8. The molecule has 15 aromatic carbocycles. The average Bonchev–Trinajstić information content (AvgIpc) is 4.28. The van der Waals surface area contributed by atoms with Crippen LogP contribution in [0.4, 0.5) is 0 Å². The zero-order chi connectivity index (χ0) is 52.4. The zero-order valence-corrected chi connectivity index (χ0v) is 43.7. The Hall–Kier alpha value is -10.4. The van der Waals surface area contributed by atoms with Gasteiger partial charge in [-0.1, -0.05) is 267 Å². The topological polar surface area (TPSA) is 0 Å². The second kappa shape index (κ2) is 17.6. The lowest BCUT2D eigenvalue weighted by Crippen LogP contribution is -1.95. The smallest absolute Gasteiger partial charge is 0.000739 e. The summed E-state index contributed by atoms with van der Waals surface area (Å²) in [5.74, 6) is 0. The van der Waals surface area contributed by atoms with Crippen LogP contribution in [0, 0.1) is 0 Å². The third kappa shape index (κ3) is 6.57. The molecule has 0 aromatic heterocycles. The lowest BCUT2D eigenvalue weighted by atomic mass is 9.80. The number of benzene rings is 15. The quantitative estimate of drug-likeness (QED) is 0.105. The van der Waals surface area contributed by atoms with Crippen LogP contribution in [0.15, 0.2) is 291 Å². The highest BCUT2D eigenvalue weighted by molar-refractivity contribution is 6.44. The third-order valence-corrected chi connectivity index (χ3v) is 17.5. The molecule has 0 radical (unpaired) electrons. The van der Waals surface area contributed by atoms with Gasteiger partial charge in [0.25, 0.3) is 0 Å². The van der Waals surface area contributed by atoms with E-state index >= 15 is 0 Å². The van der Waals surface area contributed by atoms with Crippen molar-refractivity contribution < 1.29 is 0 Å². The van der Waals surface area contributed by atoms with Crippen molar-refractivity contribution in [3.05, 3.63) is 291 Å². The Morgan fingerprint density at radius 3 is 0.713 bits per heavy atom. The van der Waals surface area contributed by atoms with Gasteiger partial charge < -0.3 is 0 Å². The summed E-state index contributed by atoms with van der Waals surface area (Å²) in [5, 5.41) is 10.4. The minimum absolute atomic E-state index is 1.20. The Labute approximate surface area is 465 Å². The highest BCUT2D eigenvalue weighted by Crippen LogP contribution is 2.63. The Balaban J connectivity index is 1.08. The van der Waals surface area contributed by atoms with Gasteiger partial charge in [0.15, 0.2) is 0 Å². The van der Waals surface area contributed by atoms with E-state index in [9.17, 15) is 0 Å². The molecular formula is C80H48. The minimum Gasteiger partial charge on any atom is -0.0622 e. The summed E-state index contributed by atoms with van der Waals surface area (Å²) in [6.07, 6.45) is 0. The van der Waals surface area contributed by atoms with Crippen LogP contribution in [0.2, 0.25) is 0 Å². The van der Waals surface area contributed by atoms with Gasteiger partial charge in [-0.15, -0.1) is 0 Å². The Morgan fingerprint density at radius 2 is 0.388 bits per heavy atom. The number of hydrogen-bond donors (Lipinski definition) is 0. The first kappa shape index (κ1) is 44.7. The van der Waals surface area contributed by atoms with Crippen LogP contribution < -0.4 is 0 Å². The zero-order valence-electron chi connectivity index (χ0n) is 43.7. The molecule has 0 N–H and O–H groups in total. The molecule has 0 unspecified atom stereocenters. The maximum atomic E-state index is 2.58. The summed E-state index contributed by atoms with van der Waals surface area (Å²) in [4.78, 5) is 0. The first-order valence-corrected chi connectivity index (χ1v) is 27.9. The monoisotopic (exact) mass is 1010 g/mol. The van der Waals surface area contributed by atoms with Crippen LogP contribution in [0.3, 0.4) is 0 Å².